The van der Waals surface area contributed by atoms with Gasteiger partial charge in [0.05, 0.1) is 5.56 Å². The molecule has 0 spiro atoms. The predicted octanol–water partition coefficient (Wildman–Crippen LogP) is 7.73. The normalized spacial score (nSPS) is 28.1. The Kier molecular flexibility index (Phi) is 7.80. The topological polar surface area (TPSA) is 132 Å². The van der Waals surface area contributed by atoms with Crippen LogP contribution < -0.4 is 0 Å². The number of fused-ring (bicyclic) bond motifs is 3. The van der Waals surface area contributed by atoms with Crippen molar-refractivity contribution in [2.75, 3.05) is 0 Å². The molecule has 7 nitrogen and oxygen atoms in total. The molecule has 4 atom stereocenters. The molecule has 3 aliphatic rings. The summed E-state index contributed by atoms with van der Waals surface area (Å²) in [5.41, 5.74) is -1.72. The Morgan fingerprint density at radius 1 is 1.00 bits per heavy atom. The summed E-state index contributed by atoms with van der Waals surface area (Å²) in [6.45, 7) is 18.8. The van der Waals surface area contributed by atoms with Crippen molar-refractivity contribution in [1.29, 1.82) is 0 Å². The quantitative estimate of drug-likeness (QED) is 0.249. The van der Waals surface area contributed by atoms with Crippen LogP contribution in [-0.2, 0) is 22.4 Å². The van der Waals surface area contributed by atoms with E-state index in [-0.39, 0.29) is 52.7 Å². The molecule has 0 saturated heterocycles. The number of ketones is 3. The number of hydrogen-bond donors (Lipinski definition) is 4. The van der Waals surface area contributed by atoms with Crippen LogP contribution in [0, 0.1) is 28.1 Å². The summed E-state index contributed by atoms with van der Waals surface area (Å²) < 4.78 is 0. The second kappa shape index (κ2) is 10.7. The molecule has 3 aliphatic carbocycles. The van der Waals surface area contributed by atoms with Gasteiger partial charge in [-0.15, -0.1) is 0 Å². The van der Waals surface area contributed by atoms with Gasteiger partial charge in [-0.3, -0.25) is 14.4 Å². The lowest BCUT2D eigenvalue weighted by molar-refractivity contribution is -0.171. The van der Waals surface area contributed by atoms with E-state index < -0.39 is 51.0 Å². The summed E-state index contributed by atoms with van der Waals surface area (Å²) in [6.07, 6.45) is 1.20. The van der Waals surface area contributed by atoms with E-state index in [0.717, 1.165) is 30.0 Å². The molecule has 0 bridgehead atoms. The van der Waals surface area contributed by atoms with Gasteiger partial charge in [0.1, 0.15) is 22.8 Å². The highest BCUT2D eigenvalue weighted by Crippen LogP contribution is 2.65. The molecule has 0 aromatic heterocycles. The highest BCUT2D eigenvalue weighted by Gasteiger charge is 2.71. The third kappa shape index (κ3) is 4.68. The molecule has 0 heterocycles. The van der Waals surface area contributed by atoms with Gasteiger partial charge in [-0.05, 0) is 71.8 Å². The Bertz CT molecular complexity index is 1730. The Morgan fingerprint density at radius 2 is 1.59 bits per heavy atom. The Balaban J connectivity index is 1.76. The summed E-state index contributed by atoms with van der Waals surface area (Å²) >= 11 is 0. The molecular formula is C39H48O7. The van der Waals surface area contributed by atoms with Gasteiger partial charge < -0.3 is 20.4 Å². The summed E-state index contributed by atoms with van der Waals surface area (Å²) in [6, 6.07) is 9.86. The zero-order valence-corrected chi connectivity index (χ0v) is 28.8. The lowest BCUT2D eigenvalue weighted by Gasteiger charge is -2.59. The van der Waals surface area contributed by atoms with Gasteiger partial charge in [0, 0.05) is 27.9 Å². The molecule has 0 saturated carbocycles. The van der Waals surface area contributed by atoms with Crippen molar-refractivity contribution in [3.05, 3.63) is 75.3 Å². The first-order valence-electron chi connectivity index (χ1n) is 16.3. The van der Waals surface area contributed by atoms with Crippen LogP contribution >= 0.6 is 0 Å². The number of aliphatic hydroxyl groups is 3. The summed E-state index contributed by atoms with van der Waals surface area (Å²) in [4.78, 5) is 41.3. The Morgan fingerprint density at radius 3 is 2.09 bits per heavy atom. The second-order valence-electron chi connectivity index (χ2n) is 16.3. The van der Waals surface area contributed by atoms with E-state index in [0.29, 0.717) is 11.1 Å². The molecule has 2 aromatic rings. The van der Waals surface area contributed by atoms with Gasteiger partial charge in [-0.1, -0.05) is 86.6 Å². The van der Waals surface area contributed by atoms with E-state index in [9.17, 15) is 34.8 Å². The first kappa shape index (κ1) is 33.6. The monoisotopic (exact) mass is 628 g/mol. The number of phenols is 1. The number of hydrogen-bond acceptors (Lipinski definition) is 7. The van der Waals surface area contributed by atoms with Crippen molar-refractivity contribution in [2.24, 2.45) is 28.1 Å². The fourth-order valence-corrected chi connectivity index (χ4v) is 8.98. The lowest BCUT2D eigenvalue weighted by Crippen LogP contribution is -2.67. The van der Waals surface area contributed by atoms with Crippen molar-refractivity contribution in [1.82, 2.24) is 0 Å². The van der Waals surface area contributed by atoms with E-state index in [1.54, 1.807) is 6.92 Å². The lowest BCUT2D eigenvalue weighted by atomic mass is 9.44. The molecule has 4 N–H and O–H groups in total. The van der Waals surface area contributed by atoms with Crippen LogP contribution in [0.25, 0.3) is 11.1 Å². The minimum atomic E-state index is -2.63. The minimum Gasteiger partial charge on any atom is -0.511 e. The van der Waals surface area contributed by atoms with E-state index in [1.165, 1.54) is 0 Å². The first-order chi connectivity index (χ1) is 21.1. The third-order valence-electron chi connectivity index (χ3n) is 10.7. The molecule has 0 aliphatic heterocycles. The minimum absolute atomic E-state index is 0.00956. The van der Waals surface area contributed by atoms with Crippen molar-refractivity contribution in [3.8, 4) is 16.9 Å². The number of benzene rings is 2. The molecule has 0 amide bonds. The predicted molar refractivity (Wildman–Crippen MR) is 178 cm³/mol. The van der Waals surface area contributed by atoms with Crippen LogP contribution in [0.15, 0.2) is 53.0 Å². The molecule has 246 valence electrons. The number of aromatic hydroxyl groups is 1. The fraction of sp³-hybridized carbons (Fsp3) is 0.513. The number of aliphatic hydroxyl groups excluding tert-OH is 2. The highest BCUT2D eigenvalue weighted by molar-refractivity contribution is 6.25. The molecule has 2 aromatic carbocycles. The molecule has 7 heteroatoms. The van der Waals surface area contributed by atoms with E-state index in [4.69, 9.17) is 0 Å². The van der Waals surface area contributed by atoms with Crippen LogP contribution in [0.4, 0.5) is 0 Å². The zero-order valence-electron chi connectivity index (χ0n) is 28.8. The number of carbonyl (C=O) groups is 3. The van der Waals surface area contributed by atoms with Crippen LogP contribution in [0.1, 0.15) is 109 Å². The third-order valence-corrected chi connectivity index (χ3v) is 10.7. The molecule has 0 radical (unpaired) electrons. The maximum Gasteiger partial charge on any atom is 0.209 e. The van der Waals surface area contributed by atoms with Crippen molar-refractivity contribution in [3.63, 3.8) is 0 Å². The first-order valence-corrected chi connectivity index (χ1v) is 16.3. The van der Waals surface area contributed by atoms with E-state index in [2.05, 4.69) is 20.8 Å². The van der Waals surface area contributed by atoms with Crippen LogP contribution in [0.3, 0.4) is 0 Å². The van der Waals surface area contributed by atoms with Gasteiger partial charge >= 0.3 is 0 Å². The number of rotatable bonds is 5. The van der Waals surface area contributed by atoms with Gasteiger partial charge in [-0.25, -0.2) is 0 Å². The average Bonchev–Trinajstić information content (AvgIpc) is 2.90. The molecule has 1 unspecified atom stereocenters. The number of Topliss-reactive ketones (excluding diaryl/α,β-unsaturated/α-hetero) is 3. The molecule has 5 rings (SSSR count). The van der Waals surface area contributed by atoms with Crippen molar-refractivity contribution < 1.29 is 34.8 Å². The largest absolute Gasteiger partial charge is 0.511 e. The van der Waals surface area contributed by atoms with Crippen molar-refractivity contribution >= 4 is 17.3 Å². The summed E-state index contributed by atoms with van der Waals surface area (Å²) in [5.74, 6) is -5.09. The van der Waals surface area contributed by atoms with Gasteiger partial charge in [0.25, 0.3) is 0 Å². The smallest absolute Gasteiger partial charge is 0.209 e. The highest BCUT2D eigenvalue weighted by atomic mass is 16.3. The van der Waals surface area contributed by atoms with Crippen LogP contribution in [-0.4, -0.2) is 43.4 Å². The zero-order chi connectivity index (χ0) is 34.5. The van der Waals surface area contributed by atoms with Crippen molar-refractivity contribution in [2.45, 2.75) is 100 Å². The Labute approximate surface area is 272 Å². The average molecular weight is 629 g/mol. The standard InChI is InChI=1S/C39H48O7/c1-19(2)24-15-25(23-13-11-22(12-14-23)16-36(6,7)8)31(41)28-26(24)17-37(9)18-38(10)29(20(3)4)32(42)27(21(5)40)34(44)39(38,46)35(45)30(37)33(28)43/h11-15,19-20,29,41-42,45-46H,16-18H2,1-10H3/t29?,37-,38-,39+/m1/s1. The summed E-state index contributed by atoms with van der Waals surface area (Å²) in [7, 11) is 0. The fourth-order valence-electron chi connectivity index (χ4n) is 8.98. The second-order valence-corrected chi connectivity index (χ2v) is 16.3. The van der Waals surface area contributed by atoms with Gasteiger partial charge in [-0.2, -0.15) is 0 Å². The van der Waals surface area contributed by atoms with Crippen LogP contribution in [0.5, 0.6) is 5.75 Å². The van der Waals surface area contributed by atoms with Gasteiger partial charge in [0.15, 0.2) is 17.2 Å². The molecular weight excluding hydrogens is 580 g/mol. The Hall–Kier alpha value is -3.71. The summed E-state index contributed by atoms with van der Waals surface area (Å²) in [5, 5.41) is 47.5. The maximum absolute atomic E-state index is 14.7. The number of phenolic OH excluding ortho intramolecular Hbond substituents is 1. The molecule has 46 heavy (non-hydrogen) atoms. The number of allylic oxidation sites excluding steroid dienone is 2. The molecule has 0 fully saturated rings. The van der Waals surface area contributed by atoms with E-state index >= 15 is 0 Å². The number of carbonyl (C=O) groups excluding carboxylic acids is 3. The van der Waals surface area contributed by atoms with Gasteiger partial charge in [0.2, 0.25) is 5.78 Å². The van der Waals surface area contributed by atoms with Crippen LogP contribution in [0.2, 0.25) is 0 Å². The SMILES string of the molecule is CC(=O)C1=C(O)C(C(C)C)[C@@]2(C)C[C@@]3(C)Cc4c(C(C)C)cc(-c5ccc(CC(C)(C)C)cc5)c(O)c4C(=O)C3=C(O)[C@@]2(O)C1=O. The maximum atomic E-state index is 14.7. The van der Waals surface area contributed by atoms with E-state index in [1.807, 2.05) is 65.0 Å².